The average Bonchev–Trinajstić information content (AvgIpc) is 2.99. The molecule has 2 aliphatic carbocycles. The summed E-state index contributed by atoms with van der Waals surface area (Å²) in [7, 11) is 0. The van der Waals surface area contributed by atoms with Gasteiger partial charge in [-0.05, 0) is 55.7 Å². The van der Waals surface area contributed by atoms with E-state index in [9.17, 15) is 0 Å². The molecule has 2 heteroatoms. The van der Waals surface area contributed by atoms with Crippen molar-refractivity contribution in [2.45, 2.75) is 57.5 Å². The predicted molar refractivity (Wildman–Crippen MR) is 79.8 cm³/mol. The number of benzene rings is 1. The van der Waals surface area contributed by atoms with Gasteiger partial charge in [0.05, 0.1) is 0 Å². The van der Waals surface area contributed by atoms with Gasteiger partial charge in [0.1, 0.15) is 0 Å². The number of halogens is 1. The van der Waals surface area contributed by atoms with Crippen LogP contribution in [0.3, 0.4) is 0 Å². The lowest BCUT2D eigenvalue weighted by Crippen LogP contribution is -2.34. The summed E-state index contributed by atoms with van der Waals surface area (Å²) in [6, 6.07) is 7.88. The van der Waals surface area contributed by atoms with Crippen LogP contribution in [-0.2, 0) is 6.42 Å². The lowest BCUT2D eigenvalue weighted by atomic mass is 9.98. The molecule has 1 aromatic rings. The molecule has 0 bridgehead atoms. The summed E-state index contributed by atoms with van der Waals surface area (Å²) in [5, 5.41) is 3.88. The third-order valence-electron chi connectivity index (χ3n) is 4.78. The van der Waals surface area contributed by atoms with E-state index in [0.29, 0.717) is 12.1 Å². The Kier molecular flexibility index (Phi) is 3.76. The Hall–Kier alpha value is -0.340. The predicted octanol–water partition coefficient (Wildman–Crippen LogP) is 4.60. The molecule has 18 heavy (non-hydrogen) atoms. The van der Waals surface area contributed by atoms with Crippen molar-refractivity contribution in [1.82, 2.24) is 5.32 Å². The van der Waals surface area contributed by atoms with Crippen LogP contribution in [0.4, 0.5) is 0 Å². The minimum Gasteiger partial charge on any atom is -0.307 e. The molecular formula is C16H22BrN. The summed E-state index contributed by atoms with van der Waals surface area (Å²) in [4.78, 5) is 0. The lowest BCUT2D eigenvalue weighted by Gasteiger charge is -2.25. The fraction of sp³-hybridized carbons (Fsp3) is 0.625. The Bertz CT molecular complexity index is 423. The molecule has 1 aromatic carbocycles. The van der Waals surface area contributed by atoms with E-state index in [1.54, 1.807) is 0 Å². The molecule has 1 saturated carbocycles. The van der Waals surface area contributed by atoms with Gasteiger partial charge in [-0.3, -0.25) is 0 Å². The fourth-order valence-electron chi connectivity index (χ4n) is 3.69. The van der Waals surface area contributed by atoms with E-state index < -0.39 is 0 Å². The molecule has 0 aliphatic heterocycles. The highest BCUT2D eigenvalue weighted by Crippen LogP contribution is 2.37. The molecule has 0 heterocycles. The number of rotatable bonds is 3. The van der Waals surface area contributed by atoms with E-state index in [-0.39, 0.29) is 0 Å². The molecule has 1 nitrogen and oxygen atoms in total. The maximum Gasteiger partial charge on any atom is 0.0328 e. The molecule has 1 unspecified atom stereocenters. The second kappa shape index (κ2) is 5.34. The number of hydrogen-bond acceptors (Lipinski definition) is 1. The van der Waals surface area contributed by atoms with Crippen molar-refractivity contribution in [1.29, 1.82) is 0 Å². The first-order valence-electron chi connectivity index (χ1n) is 7.29. The fourth-order valence-corrected chi connectivity index (χ4v) is 4.27. The second-order valence-electron chi connectivity index (χ2n) is 5.90. The van der Waals surface area contributed by atoms with E-state index in [1.165, 1.54) is 54.1 Å². The van der Waals surface area contributed by atoms with Crippen LogP contribution < -0.4 is 5.32 Å². The lowest BCUT2D eigenvalue weighted by molar-refractivity contribution is 0.342. The van der Waals surface area contributed by atoms with Crippen LogP contribution in [0, 0.1) is 5.92 Å². The smallest absolute Gasteiger partial charge is 0.0328 e. The monoisotopic (exact) mass is 307 g/mol. The van der Waals surface area contributed by atoms with Crippen LogP contribution in [0.2, 0.25) is 0 Å². The van der Waals surface area contributed by atoms with Crippen molar-refractivity contribution >= 4 is 15.9 Å². The van der Waals surface area contributed by atoms with Crippen LogP contribution >= 0.6 is 15.9 Å². The summed E-state index contributed by atoms with van der Waals surface area (Å²) >= 11 is 3.68. The Labute approximate surface area is 118 Å². The van der Waals surface area contributed by atoms with Gasteiger partial charge in [-0.25, -0.2) is 0 Å². The molecule has 0 radical (unpaired) electrons. The van der Waals surface area contributed by atoms with Crippen molar-refractivity contribution in [3.05, 3.63) is 33.8 Å². The van der Waals surface area contributed by atoms with E-state index in [4.69, 9.17) is 0 Å². The van der Waals surface area contributed by atoms with Crippen molar-refractivity contribution < 1.29 is 0 Å². The van der Waals surface area contributed by atoms with Crippen LogP contribution in [0.15, 0.2) is 22.7 Å². The molecule has 1 fully saturated rings. The van der Waals surface area contributed by atoms with E-state index in [0.717, 1.165) is 5.92 Å². The number of hydrogen-bond donors (Lipinski definition) is 1. The first-order valence-corrected chi connectivity index (χ1v) is 8.08. The van der Waals surface area contributed by atoms with Crippen molar-refractivity contribution in [2.24, 2.45) is 5.92 Å². The van der Waals surface area contributed by atoms with Gasteiger partial charge in [-0.15, -0.1) is 0 Å². The second-order valence-corrected chi connectivity index (χ2v) is 6.75. The SMILES string of the molecule is C[C@H](NC1CCc2c(Br)cccc21)C1CCCC1. The first-order chi connectivity index (χ1) is 8.75. The molecule has 2 aliphatic rings. The standard InChI is InChI=1S/C16H22BrN/c1-11(12-5-2-3-6-12)18-16-10-9-13-14(16)7-4-8-15(13)17/h4,7-8,11-12,16,18H,2-3,5-6,9-10H2,1H3/t11-,16?/m0/s1. The molecule has 1 N–H and O–H groups in total. The highest BCUT2D eigenvalue weighted by molar-refractivity contribution is 9.10. The topological polar surface area (TPSA) is 12.0 Å². The summed E-state index contributed by atoms with van der Waals surface area (Å²) in [6.45, 7) is 2.38. The molecule has 0 spiro atoms. The molecule has 2 atom stereocenters. The van der Waals surface area contributed by atoms with Gasteiger partial charge < -0.3 is 5.32 Å². The minimum absolute atomic E-state index is 0.577. The molecule has 0 amide bonds. The molecule has 3 rings (SSSR count). The van der Waals surface area contributed by atoms with Crippen LogP contribution in [0.1, 0.15) is 56.2 Å². The molecule has 98 valence electrons. The number of nitrogens with one attached hydrogen (secondary N) is 1. The van der Waals surface area contributed by atoms with Gasteiger partial charge in [0.15, 0.2) is 0 Å². The van der Waals surface area contributed by atoms with Crippen LogP contribution in [0.25, 0.3) is 0 Å². The van der Waals surface area contributed by atoms with E-state index in [1.807, 2.05) is 0 Å². The summed E-state index contributed by atoms with van der Waals surface area (Å²) < 4.78 is 1.29. The Morgan fingerprint density at radius 2 is 2.00 bits per heavy atom. The quantitative estimate of drug-likeness (QED) is 0.860. The van der Waals surface area contributed by atoms with Crippen LogP contribution in [-0.4, -0.2) is 6.04 Å². The Morgan fingerprint density at radius 1 is 1.22 bits per heavy atom. The van der Waals surface area contributed by atoms with Gasteiger partial charge in [0.2, 0.25) is 0 Å². The van der Waals surface area contributed by atoms with E-state index >= 15 is 0 Å². The van der Waals surface area contributed by atoms with Crippen molar-refractivity contribution in [3.8, 4) is 0 Å². The zero-order chi connectivity index (χ0) is 12.5. The third-order valence-corrected chi connectivity index (χ3v) is 5.53. The third kappa shape index (κ3) is 2.37. The summed E-state index contributed by atoms with van der Waals surface area (Å²) in [5.41, 5.74) is 3.04. The minimum atomic E-state index is 0.577. The highest BCUT2D eigenvalue weighted by Gasteiger charge is 2.28. The van der Waals surface area contributed by atoms with Gasteiger partial charge in [-0.2, -0.15) is 0 Å². The maximum absolute atomic E-state index is 3.88. The van der Waals surface area contributed by atoms with Gasteiger partial charge >= 0.3 is 0 Å². The normalized spacial score (nSPS) is 25.3. The van der Waals surface area contributed by atoms with Gasteiger partial charge in [-0.1, -0.05) is 40.9 Å². The molecular weight excluding hydrogens is 286 g/mol. The van der Waals surface area contributed by atoms with Gasteiger partial charge in [0.25, 0.3) is 0 Å². The maximum atomic E-state index is 3.88. The zero-order valence-electron chi connectivity index (χ0n) is 11.1. The van der Waals surface area contributed by atoms with Crippen molar-refractivity contribution in [2.75, 3.05) is 0 Å². The van der Waals surface area contributed by atoms with Gasteiger partial charge in [0, 0.05) is 16.6 Å². The Balaban J connectivity index is 1.70. The first kappa shape index (κ1) is 12.7. The van der Waals surface area contributed by atoms with Crippen molar-refractivity contribution in [3.63, 3.8) is 0 Å². The molecule has 0 saturated heterocycles. The number of fused-ring (bicyclic) bond motifs is 1. The largest absolute Gasteiger partial charge is 0.307 e. The van der Waals surface area contributed by atoms with E-state index in [2.05, 4.69) is 46.4 Å². The summed E-state index contributed by atoms with van der Waals surface area (Å²) in [6.07, 6.45) is 8.19. The highest BCUT2D eigenvalue weighted by atomic mass is 79.9. The summed E-state index contributed by atoms with van der Waals surface area (Å²) in [5.74, 6) is 0.904. The molecule has 0 aromatic heterocycles. The van der Waals surface area contributed by atoms with Crippen LogP contribution in [0.5, 0.6) is 0 Å². The average molecular weight is 308 g/mol. The Morgan fingerprint density at radius 3 is 2.78 bits per heavy atom. The zero-order valence-corrected chi connectivity index (χ0v) is 12.7.